The molecule has 0 saturated heterocycles. The van der Waals surface area contributed by atoms with Crippen molar-refractivity contribution in [2.75, 3.05) is 33.9 Å². The molecule has 0 aliphatic heterocycles. The van der Waals surface area contributed by atoms with Crippen molar-refractivity contribution in [2.24, 2.45) is 5.92 Å². The van der Waals surface area contributed by atoms with E-state index in [9.17, 15) is 0 Å². The summed E-state index contributed by atoms with van der Waals surface area (Å²) in [5.74, 6) is 0.858. The molecule has 0 aromatic heterocycles. The van der Waals surface area contributed by atoms with Crippen LogP contribution in [-0.2, 0) is 11.3 Å². The number of hydrogen-bond donors (Lipinski definition) is 1. The third kappa shape index (κ3) is 5.61. The van der Waals surface area contributed by atoms with Crippen LogP contribution in [0.3, 0.4) is 0 Å². The van der Waals surface area contributed by atoms with Crippen LogP contribution in [0.15, 0.2) is 30.3 Å². The lowest BCUT2D eigenvalue weighted by molar-refractivity contribution is 0.157. The van der Waals surface area contributed by atoms with Gasteiger partial charge in [0.1, 0.15) is 0 Å². The van der Waals surface area contributed by atoms with E-state index >= 15 is 0 Å². The van der Waals surface area contributed by atoms with Crippen molar-refractivity contribution in [3.8, 4) is 0 Å². The van der Waals surface area contributed by atoms with Crippen LogP contribution in [-0.4, -0.2) is 44.8 Å². The molecule has 1 unspecified atom stereocenters. The van der Waals surface area contributed by atoms with Gasteiger partial charge in [0, 0.05) is 19.7 Å². The van der Waals surface area contributed by atoms with Crippen molar-refractivity contribution in [2.45, 2.75) is 31.8 Å². The standard InChI is InChI=1S/C17H28N2O/c1-19(13-15-7-4-3-5-8-15)12-6-11-18-17(14-20-2)16-9-10-16/h3-5,7-8,16-18H,6,9-14H2,1-2H3. The molecule has 1 aliphatic rings. The number of benzene rings is 1. The van der Waals surface area contributed by atoms with E-state index in [0.717, 1.165) is 32.2 Å². The minimum absolute atomic E-state index is 0.569. The first kappa shape index (κ1) is 15.5. The summed E-state index contributed by atoms with van der Waals surface area (Å²) in [7, 11) is 3.99. The van der Waals surface area contributed by atoms with Gasteiger partial charge in [0.2, 0.25) is 0 Å². The van der Waals surface area contributed by atoms with Crippen molar-refractivity contribution in [3.05, 3.63) is 35.9 Å². The predicted octanol–water partition coefficient (Wildman–Crippen LogP) is 2.52. The Bertz CT molecular complexity index is 365. The van der Waals surface area contributed by atoms with Gasteiger partial charge in [-0.25, -0.2) is 0 Å². The van der Waals surface area contributed by atoms with E-state index in [1.54, 1.807) is 7.11 Å². The molecule has 0 bridgehead atoms. The predicted molar refractivity (Wildman–Crippen MR) is 83.8 cm³/mol. The molecule has 1 saturated carbocycles. The van der Waals surface area contributed by atoms with E-state index in [-0.39, 0.29) is 0 Å². The van der Waals surface area contributed by atoms with E-state index in [1.165, 1.54) is 24.8 Å². The Balaban J connectivity index is 1.58. The Morgan fingerprint density at radius 2 is 2.05 bits per heavy atom. The molecule has 0 radical (unpaired) electrons. The molecule has 1 fully saturated rings. The zero-order valence-electron chi connectivity index (χ0n) is 12.8. The van der Waals surface area contributed by atoms with Gasteiger partial charge in [-0.1, -0.05) is 30.3 Å². The van der Waals surface area contributed by atoms with Gasteiger partial charge in [-0.15, -0.1) is 0 Å². The first-order valence-corrected chi connectivity index (χ1v) is 7.74. The Hall–Kier alpha value is -0.900. The van der Waals surface area contributed by atoms with Crippen LogP contribution < -0.4 is 5.32 Å². The fourth-order valence-corrected chi connectivity index (χ4v) is 2.65. The minimum Gasteiger partial charge on any atom is -0.383 e. The maximum Gasteiger partial charge on any atom is 0.0618 e. The van der Waals surface area contributed by atoms with Crippen LogP contribution in [0.4, 0.5) is 0 Å². The van der Waals surface area contributed by atoms with E-state index in [4.69, 9.17) is 4.74 Å². The normalized spacial score (nSPS) is 16.6. The van der Waals surface area contributed by atoms with Crippen molar-refractivity contribution in [1.82, 2.24) is 10.2 Å². The second-order valence-electron chi connectivity index (χ2n) is 5.93. The molecule has 0 amide bonds. The summed E-state index contributed by atoms with van der Waals surface area (Å²) in [6, 6.07) is 11.2. The molecule has 2 rings (SSSR count). The number of ether oxygens (including phenoxy) is 1. The van der Waals surface area contributed by atoms with E-state index in [2.05, 4.69) is 47.6 Å². The highest BCUT2D eigenvalue weighted by atomic mass is 16.5. The van der Waals surface area contributed by atoms with E-state index in [1.807, 2.05) is 0 Å². The molecule has 3 heteroatoms. The summed E-state index contributed by atoms with van der Waals surface area (Å²) >= 11 is 0. The van der Waals surface area contributed by atoms with Gasteiger partial charge < -0.3 is 15.0 Å². The van der Waals surface area contributed by atoms with Crippen molar-refractivity contribution in [3.63, 3.8) is 0 Å². The maximum absolute atomic E-state index is 5.29. The summed E-state index contributed by atoms with van der Waals surface area (Å²) < 4.78 is 5.29. The monoisotopic (exact) mass is 276 g/mol. The fraction of sp³-hybridized carbons (Fsp3) is 0.647. The van der Waals surface area contributed by atoms with Crippen LogP contribution in [0.25, 0.3) is 0 Å². The lowest BCUT2D eigenvalue weighted by atomic mass is 10.2. The molecule has 1 N–H and O–H groups in total. The van der Waals surface area contributed by atoms with Gasteiger partial charge >= 0.3 is 0 Å². The molecule has 20 heavy (non-hydrogen) atoms. The van der Waals surface area contributed by atoms with Crippen molar-refractivity contribution in [1.29, 1.82) is 0 Å². The Labute approximate surface area is 123 Å². The quantitative estimate of drug-likeness (QED) is 0.665. The maximum atomic E-state index is 5.29. The third-order valence-electron chi connectivity index (χ3n) is 3.96. The molecule has 1 aromatic carbocycles. The van der Waals surface area contributed by atoms with Gasteiger partial charge in [0.05, 0.1) is 6.61 Å². The Morgan fingerprint density at radius 3 is 2.70 bits per heavy atom. The first-order valence-electron chi connectivity index (χ1n) is 7.74. The summed E-state index contributed by atoms with van der Waals surface area (Å²) in [6.45, 7) is 4.10. The van der Waals surface area contributed by atoms with Crippen LogP contribution in [0.1, 0.15) is 24.8 Å². The number of methoxy groups -OCH3 is 1. The molecular formula is C17H28N2O. The smallest absolute Gasteiger partial charge is 0.0618 e. The second kappa shape index (κ2) is 8.40. The molecule has 1 atom stereocenters. The van der Waals surface area contributed by atoms with Crippen molar-refractivity contribution < 1.29 is 4.74 Å². The van der Waals surface area contributed by atoms with E-state index < -0.39 is 0 Å². The largest absolute Gasteiger partial charge is 0.383 e. The molecule has 0 spiro atoms. The highest BCUT2D eigenvalue weighted by molar-refractivity contribution is 5.14. The minimum atomic E-state index is 0.569. The Morgan fingerprint density at radius 1 is 1.30 bits per heavy atom. The zero-order chi connectivity index (χ0) is 14.2. The topological polar surface area (TPSA) is 24.5 Å². The summed E-state index contributed by atoms with van der Waals surface area (Å²) in [6.07, 6.45) is 3.93. The molecular weight excluding hydrogens is 248 g/mol. The van der Waals surface area contributed by atoms with Crippen LogP contribution in [0.5, 0.6) is 0 Å². The van der Waals surface area contributed by atoms with Gasteiger partial charge in [-0.3, -0.25) is 0 Å². The molecule has 1 aromatic rings. The summed E-state index contributed by atoms with van der Waals surface area (Å²) in [4.78, 5) is 2.39. The summed E-state index contributed by atoms with van der Waals surface area (Å²) in [5, 5.41) is 3.65. The third-order valence-corrected chi connectivity index (χ3v) is 3.96. The Kier molecular flexibility index (Phi) is 6.51. The van der Waals surface area contributed by atoms with Gasteiger partial charge in [0.15, 0.2) is 0 Å². The number of hydrogen-bond acceptors (Lipinski definition) is 3. The van der Waals surface area contributed by atoms with Gasteiger partial charge in [-0.05, 0) is 50.9 Å². The average Bonchev–Trinajstić information content (AvgIpc) is 3.28. The first-order chi connectivity index (χ1) is 9.79. The molecule has 1 aliphatic carbocycles. The lowest BCUT2D eigenvalue weighted by Crippen LogP contribution is -2.36. The average molecular weight is 276 g/mol. The lowest BCUT2D eigenvalue weighted by Gasteiger charge is -2.20. The van der Waals surface area contributed by atoms with Gasteiger partial charge in [0.25, 0.3) is 0 Å². The highest BCUT2D eigenvalue weighted by Crippen LogP contribution is 2.32. The molecule has 0 heterocycles. The summed E-state index contributed by atoms with van der Waals surface area (Å²) in [5.41, 5.74) is 1.39. The molecule has 112 valence electrons. The number of nitrogens with zero attached hydrogens (tertiary/aromatic N) is 1. The van der Waals surface area contributed by atoms with Crippen LogP contribution in [0.2, 0.25) is 0 Å². The molecule has 3 nitrogen and oxygen atoms in total. The van der Waals surface area contributed by atoms with E-state index in [0.29, 0.717) is 6.04 Å². The van der Waals surface area contributed by atoms with Crippen LogP contribution >= 0.6 is 0 Å². The fourth-order valence-electron chi connectivity index (χ4n) is 2.65. The SMILES string of the molecule is COCC(NCCCN(C)Cc1ccccc1)C1CC1. The number of rotatable bonds is 10. The van der Waals surface area contributed by atoms with Gasteiger partial charge in [-0.2, -0.15) is 0 Å². The van der Waals surface area contributed by atoms with Crippen LogP contribution in [0, 0.1) is 5.92 Å². The highest BCUT2D eigenvalue weighted by Gasteiger charge is 2.30. The second-order valence-corrected chi connectivity index (χ2v) is 5.93. The number of nitrogens with one attached hydrogen (secondary N) is 1. The van der Waals surface area contributed by atoms with Crippen molar-refractivity contribution >= 4 is 0 Å². The zero-order valence-corrected chi connectivity index (χ0v) is 12.8.